The molecule has 2 rings (SSSR count). The van der Waals surface area contributed by atoms with Crippen molar-refractivity contribution < 1.29 is 19.4 Å². The molecule has 0 unspecified atom stereocenters. The van der Waals surface area contributed by atoms with Crippen LogP contribution in [0.2, 0.25) is 0 Å². The summed E-state index contributed by atoms with van der Waals surface area (Å²) in [5.74, 6) is 0.0249. The first-order valence-corrected chi connectivity index (χ1v) is 6.64. The van der Waals surface area contributed by atoms with Crippen molar-refractivity contribution in [2.75, 3.05) is 31.6 Å². The molecule has 108 valence electrons. The lowest BCUT2D eigenvalue weighted by molar-refractivity contribution is 0.0793. The quantitative estimate of drug-likeness (QED) is 0.874. The van der Waals surface area contributed by atoms with Crippen molar-refractivity contribution >= 4 is 17.7 Å². The van der Waals surface area contributed by atoms with Crippen LogP contribution in [0.25, 0.3) is 0 Å². The molecule has 0 spiro atoms. The average Bonchev–Trinajstić information content (AvgIpc) is 2.99. The predicted molar refractivity (Wildman–Crippen MR) is 73.6 cm³/mol. The molecule has 2 N–H and O–H groups in total. The zero-order valence-corrected chi connectivity index (χ0v) is 11.2. The average molecular weight is 278 g/mol. The molecule has 1 aliphatic heterocycles. The largest absolute Gasteiger partial charge is 0.447 e. The SMILES string of the molecule is O=C(Nc1ccc(C(=O)N2CCCC2)cc1)OCCO. The number of carbonyl (C=O) groups excluding carboxylic acids is 2. The maximum absolute atomic E-state index is 12.1. The molecule has 0 atom stereocenters. The Labute approximate surface area is 117 Å². The third-order valence-corrected chi connectivity index (χ3v) is 3.10. The van der Waals surface area contributed by atoms with Gasteiger partial charge in [-0.2, -0.15) is 0 Å². The maximum atomic E-state index is 12.1. The van der Waals surface area contributed by atoms with Crippen LogP contribution < -0.4 is 5.32 Å². The fourth-order valence-electron chi connectivity index (χ4n) is 2.09. The van der Waals surface area contributed by atoms with Crippen LogP contribution in [0.4, 0.5) is 10.5 Å². The highest BCUT2D eigenvalue weighted by molar-refractivity contribution is 5.95. The molecule has 2 amide bonds. The minimum absolute atomic E-state index is 0.0249. The Balaban J connectivity index is 1.92. The lowest BCUT2D eigenvalue weighted by atomic mass is 10.2. The van der Waals surface area contributed by atoms with E-state index in [0.29, 0.717) is 11.3 Å². The Morgan fingerprint density at radius 1 is 1.20 bits per heavy atom. The molecule has 0 aliphatic carbocycles. The van der Waals surface area contributed by atoms with Crippen LogP contribution in [-0.2, 0) is 4.74 Å². The van der Waals surface area contributed by atoms with E-state index in [2.05, 4.69) is 10.1 Å². The predicted octanol–water partition coefficient (Wildman–Crippen LogP) is 1.46. The van der Waals surface area contributed by atoms with E-state index >= 15 is 0 Å². The fraction of sp³-hybridized carbons (Fsp3) is 0.429. The molecular weight excluding hydrogens is 260 g/mol. The van der Waals surface area contributed by atoms with E-state index in [9.17, 15) is 9.59 Å². The summed E-state index contributed by atoms with van der Waals surface area (Å²) in [6.45, 7) is 1.37. The summed E-state index contributed by atoms with van der Waals surface area (Å²) < 4.78 is 4.68. The molecule has 20 heavy (non-hydrogen) atoms. The number of carbonyl (C=O) groups is 2. The first-order valence-electron chi connectivity index (χ1n) is 6.64. The fourth-order valence-corrected chi connectivity index (χ4v) is 2.09. The van der Waals surface area contributed by atoms with Crippen molar-refractivity contribution in [2.24, 2.45) is 0 Å². The number of benzene rings is 1. The number of aliphatic hydroxyl groups is 1. The molecule has 6 nitrogen and oxygen atoms in total. The van der Waals surface area contributed by atoms with Crippen molar-refractivity contribution in [2.45, 2.75) is 12.8 Å². The molecule has 6 heteroatoms. The molecule has 1 saturated heterocycles. The highest BCUT2D eigenvalue weighted by Gasteiger charge is 2.19. The van der Waals surface area contributed by atoms with Crippen LogP contribution in [-0.4, -0.2) is 48.3 Å². The van der Waals surface area contributed by atoms with Gasteiger partial charge in [0.2, 0.25) is 0 Å². The maximum Gasteiger partial charge on any atom is 0.411 e. The van der Waals surface area contributed by atoms with Crippen molar-refractivity contribution in [3.05, 3.63) is 29.8 Å². The zero-order chi connectivity index (χ0) is 14.4. The Hall–Kier alpha value is -2.08. The normalized spacial score (nSPS) is 14.2. The molecule has 0 bridgehead atoms. The number of rotatable bonds is 4. The minimum Gasteiger partial charge on any atom is -0.447 e. The first kappa shape index (κ1) is 14.3. The number of nitrogens with one attached hydrogen (secondary N) is 1. The van der Waals surface area contributed by atoms with Gasteiger partial charge in [0, 0.05) is 24.3 Å². The van der Waals surface area contributed by atoms with Crippen LogP contribution in [0.1, 0.15) is 23.2 Å². The molecule has 1 fully saturated rings. The summed E-state index contributed by atoms with van der Waals surface area (Å²) in [4.78, 5) is 25.2. The van der Waals surface area contributed by atoms with Gasteiger partial charge < -0.3 is 14.7 Å². The number of ether oxygens (including phenoxy) is 1. The number of anilines is 1. The van der Waals surface area contributed by atoms with Gasteiger partial charge in [0.25, 0.3) is 5.91 Å². The first-order chi connectivity index (χ1) is 9.70. The summed E-state index contributed by atoms with van der Waals surface area (Å²) in [5, 5.41) is 11.1. The molecule has 1 aromatic rings. The third kappa shape index (κ3) is 3.71. The Kier molecular flexibility index (Phi) is 4.95. The van der Waals surface area contributed by atoms with Crippen LogP contribution in [0.15, 0.2) is 24.3 Å². The van der Waals surface area contributed by atoms with Crippen LogP contribution in [0.5, 0.6) is 0 Å². The number of hydrogen-bond donors (Lipinski definition) is 2. The van der Waals surface area contributed by atoms with Gasteiger partial charge >= 0.3 is 6.09 Å². The highest BCUT2D eigenvalue weighted by Crippen LogP contribution is 2.15. The Bertz CT molecular complexity index is 467. The van der Waals surface area contributed by atoms with E-state index in [-0.39, 0.29) is 19.1 Å². The van der Waals surface area contributed by atoms with Gasteiger partial charge in [0.15, 0.2) is 0 Å². The van der Waals surface area contributed by atoms with Crippen molar-refractivity contribution in [1.82, 2.24) is 4.90 Å². The summed E-state index contributed by atoms with van der Waals surface area (Å²) in [6.07, 6.45) is 1.49. The van der Waals surface area contributed by atoms with Gasteiger partial charge in [-0.15, -0.1) is 0 Å². The topological polar surface area (TPSA) is 78.9 Å². The van der Waals surface area contributed by atoms with Gasteiger partial charge in [0.05, 0.1) is 6.61 Å². The van der Waals surface area contributed by atoms with Crippen molar-refractivity contribution in [3.8, 4) is 0 Å². The number of nitrogens with zero attached hydrogens (tertiary/aromatic N) is 1. The van der Waals surface area contributed by atoms with Gasteiger partial charge in [-0.25, -0.2) is 4.79 Å². The van der Waals surface area contributed by atoms with E-state index < -0.39 is 6.09 Å². The Morgan fingerprint density at radius 2 is 1.85 bits per heavy atom. The number of aliphatic hydroxyl groups excluding tert-OH is 1. The molecule has 0 radical (unpaired) electrons. The summed E-state index contributed by atoms with van der Waals surface area (Å²) >= 11 is 0. The molecule has 1 aromatic carbocycles. The van der Waals surface area contributed by atoms with Crippen molar-refractivity contribution in [3.63, 3.8) is 0 Å². The number of amides is 2. The standard InChI is InChI=1S/C14H18N2O4/c17-9-10-20-14(19)15-12-5-3-11(4-6-12)13(18)16-7-1-2-8-16/h3-6,17H,1-2,7-10H2,(H,15,19). The highest BCUT2D eigenvalue weighted by atomic mass is 16.6. The van der Waals surface area contributed by atoms with E-state index in [0.717, 1.165) is 25.9 Å². The smallest absolute Gasteiger partial charge is 0.411 e. The zero-order valence-electron chi connectivity index (χ0n) is 11.2. The lowest BCUT2D eigenvalue weighted by Crippen LogP contribution is -2.27. The van der Waals surface area contributed by atoms with Crippen LogP contribution in [0, 0.1) is 0 Å². The molecule has 1 aliphatic rings. The summed E-state index contributed by atoms with van der Waals surface area (Å²) in [7, 11) is 0. The molecule has 0 aromatic heterocycles. The van der Waals surface area contributed by atoms with E-state index in [4.69, 9.17) is 5.11 Å². The second kappa shape index (κ2) is 6.91. The van der Waals surface area contributed by atoms with E-state index in [1.807, 2.05) is 4.90 Å². The Morgan fingerprint density at radius 3 is 2.45 bits per heavy atom. The third-order valence-electron chi connectivity index (χ3n) is 3.10. The van der Waals surface area contributed by atoms with E-state index in [1.165, 1.54) is 0 Å². The van der Waals surface area contributed by atoms with Crippen molar-refractivity contribution in [1.29, 1.82) is 0 Å². The van der Waals surface area contributed by atoms with Crippen LogP contribution >= 0.6 is 0 Å². The van der Waals surface area contributed by atoms with Gasteiger partial charge in [0.1, 0.15) is 6.61 Å². The van der Waals surface area contributed by atoms with Gasteiger partial charge in [-0.3, -0.25) is 10.1 Å². The number of likely N-dealkylation sites (tertiary alicyclic amines) is 1. The molecular formula is C14H18N2O4. The van der Waals surface area contributed by atoms with Crippen LogP contribution in [0.3, 0.4) is 0 Å². The summed E-state index contributed by atoms with van der Waals surface area (Å²) in [6, 6.07) is 6.68. The van der Waals surface area contributed by atoms with Gasteiger partial charge in [-0.05, 0) is 37.1 Å². The lowest BCUT2D eigenvalue weighted by Gasteiger charge is -2.15. The van der Waals surface area contributed by atoms with Gasteiger partial charge in [-0.1, -0.05) is 0 Å². The summed E-state index contributed by atoms with van der Waals surface area (Å²) in [5.41, 5.74) is 1.16. The number of hydrogen-bond acceptors (Lipinski definition) is 4. The second-order valence-electron chi connectivity index (χ2n) is 4.56. The van der Waals surface area contributed by atoms with E-state index in [1.54, 1.807) is 24.3 Å². The second-order valence-corrected chi connectivity index (χ2v) is 4.56. The monoisotopic (exact) mass is 278 g/mol. The molecule has 1 heterocycles. The minimum atomic E-state index is -0.627. The molecule has 0 saturated carbocycles.